The second kappa shape index (κ2) is 6.95. The van der Waals surface area contributed by atoms with Gasteiger partial charge in [0, 0.05) is 6.42 Å². The van der Waals surface area contributed by atoms with Crippen LogP contribution in [0, 0.1) is 4.91 Å². The summed E-state index contributed by atoms with van der Waals surface area (Å²) in [6, 6.07) is 0. The topological polar surface area (TPSA) is 46.5 Å². The summed E-state index contributed by atoms with van der Waals surface area (Å²) in [6.07, 6.45) is 6.94. The summed E-state index contributed by atoms with van der Waals surface area (Å²) in [5.41, 5.74) is 0.953. The fourth-order valence-electron chi connectivity index (χ4n) is 0.869. The Hall–Kier alpha value is -1.51. The fraction of sp³-hybridized carbons (Fsp3) is 0.364. The van der Waals surface area contributed by atoms with Crippen molar-refractivity contribution in [2.24, 2.45) is 5.18 Å². The number of Topliss-reactive ketones (excluding diaryl/α,β-unsaturated/α-hetero) is 1. The van der Waals surface area contributed by atoms with E-state index in [0.717, 1.165) is 0 Å². The molecular weight excluding hydrogens is 178 g/mol. The molecular formula is C11H15NO2. The molecule has 0 aromatic heterocycles. The maximum atomic E-state index is 11.1. The van der Waals surface area contributed by atoms with Gasteiger partial charge < -0.3 is 0 Å². The second-order valence-corrected chi connectivity index (χ2v) is 2.81. The van der Waals surface area contributed by atoms with Crippen LogP contribution in [-0.2, 0) is 4.79 Å². The standard InChI is InChI=1S/C11H15NO2/c1-4-6-10(12-14)8-7-9(3)11(13)5-2/h4,6-8H,5H2,1-3H3/b6-4-,9-7+,10-8+. The number of carbonyl (C=O) groups excluding carboxylic acids is 1. The highest BCUT2D eigenvalue weighted by atomic mass is 16.3. The van der Waals surface area contributed by atoms with E-state index in [-0.39, 0.29) is 5.78 Å². The van der Waals surface area contributed by atoms with Gasteiger partial charge in [-0.2, -0.15) is 0 Å². The molecule has 3 heteroatoms. The number of hydrogen-bond acceptors (Lipinski definition) is 3. The van der Waals surface area contributed by atoms with E-state index in [1.807, 2.05) is 0 Å². The molecule has 0 spiro atoms. The molecule has 0 atom stereocenters. The van der Waals surface area contributed by atoms with Crippen LogP contribution >= 0.6 is 0 Å². The Kier molecular flexibility index (Phi) is 6.20. The van der Waals surface area contributed by atoms with E-state index in [9.17, 15) is 9.70 Å². The molecule has 0 saturated heterocycles. The van der Waals surface area contributed by atoms with E-state index in [0.29, 0.717) is 17.7 Å². The van der Waals surface area contributed by atoms with Gasteiger partial charge in [-0.15, -0.1) is 4.91 Å². The van der Waals surface area contributed by atoms with Crippen molar-refractivity contribution in [1.29, 1.82) is 0 Å². The number of allylic oxidation sites excluding steroid dienone is 5. The van der Waals surface area contributed by atoms with Crippen LogP contribution in [0.25, 0.3) is 0 Å². The Morgan fingerprint density at radius 3 is 2.43 bits per heavy atom. The Labute approximate surface area is 84.2 Å². The Bertz CT molecular complexity index is 298. The zero-order chi connectivity index (χ0) is 11.0. The van der Waals surface area contributed by atoms with Gasteiger partial charge in [-0.25, -0.2) is 0 Å². The summed E-state index contributed by atoms with van der Waals surface area (Å²) in [7, 11) is 0. The lowest BCUT2D eigenvalue weighted by molar-refractivity contribution is -0.115. The van der Waals surface area contributed by atoms with Gasteiger partial charge in [-0.1, -0.05) is 19.1 Å². The highest BCUT2D eigenvalue weighted by molar-refractivity contribution is 5.94. The first-order chi connectivity index (χ1) is 6.65. The molecule has 0 aliphatic heterocycles. The number of carbonyl (C=O) groups is 1. The largest absolute Gasteiger partial charge is 0.295 e. The van der Waals surface area contributed by atoms with Crippen molar-refractivity contribution < 1.29 is 4.79 Å². The normalized spacial score (nSPS) is 13.4. The average molecular weight is 193 g/mol. The van der Waals surface area contributed by atoms with E-state index in [1.165, 1.54) is 6.08 Å². The summed E-state index contributed by atoms with van der Waals surface area (Å²) < 4.78 is 0. The minimum atomic E-state index is 0.0759. The maximum absolute atomic E-state index is 11.1. The van der Waals surface area contributed by atoms with Gasteiger partial charge in [0.15, 0.2) is 5.78 Å². The molecule has 0 aliphatic carbocycles. The summed E-state index contributed by atoms with van der Waals surface area (Å²) >= 11 is 0. The quantitative estimate of drug-likeness (QED) is 0.382. The minimum absolute atomic E-state index is 0.0759. The van der Waals surface area contributed by atoms with Crippen LogP contribution in [0.5, 0.6) is 0 Å². The molecule has 0 aromatic rings. The maximum Gasteiger partial charge on any atom is 0.158 e. The molecule has 0 aromatic carbocycles. The molecule has 0 aliphatic rings. The first kappa shape index (κ1) is 12.5. The van der Waals surface area contributed by atoms with Gasteiger partial charge in [0.2, 0.25) is 0 Å². The number of rotatable bonds is 5. The SMILES string of the molecule is C\C=C/C(=C\C=C(/C)C(=O)CC)N=O. The van der Waals surface area contributed by atoms with Gasteiger partial charge in [-0.05, 0) is 36.7 Å². The minimum Gasteiger partial charge on any atom is -0.295 e. The molecule has 0 rings (SSSR count). The van der Waals surface area contributed by atoms with Crippen LogP contribution < -0.4 is 0 Å². The van der Waals surface area contributed by atoms with Crippen molar-refractivity contribution in [1.82, 2.24) is 0 Å². The summed E-state index contributed by atoms with van der Waals surface area (Å²) in [4.78, 5) is 21.4. The Morgan fingerprint density at radius 1 is 1.36 bits per heavy atom. The lowest BCUT2D eigenvalue weighted by Gasteiger charge is -1.93. The Morgan fingerprint density at radius 2 is 2.00 bits per heavy atom. The molecule has 0 fully saturated rings. The van der Waals surface area contributed by atoms with Gasteiger partial charge >= 0.3 is 0 Å². The van der Waals surface area contributed by atoms with Crippen molar-refractivity contribution in [2.75, 3.05) is 0 Å². The number of ketones is 1. The molecule has 3 nitrogen and oxygen atoms in total. The van der Waals surface area contributed by atoms with Crippen LogP contribution in [0.15, 0.2) is 40.8 Å². The first-order valence-corrected chi connectivity index (χ1v) is 4.53. The molecule has 0 saturated carbocycles. The molecule has 0 N–H and O–H groups in total. The lowest BCUT2D eigenvalue weighted by Crippen LogP contribution is -1.95. The highest BCUT2D eigenvalue weighted by Gasteiger charge is 1.98. The third-order valence-electron chi connectivity index (χ3n) is 1.71. The average Bonchev–Trinajstić information content (AvgIpc) is 2.22. The molecule has 0 heterocycles. The lowest BCUT2D eigenvalue weighted by atomic mass is 10.1. The zero-order valence-corrected chi connectivity index (χ0v) is 8.78. The predicted molar refractivity (Wildman–Crippen MR) is 57.7 cm³/mol. The van der Waals surface area contributed by atoms with Gasteiger partial charge in [0.1, 0.15) is 5.70 Å². The van der Waals surface area contributed by atoms with Gasteiger partial charge in [-0.3, -0.25) is 4.79 Å². The third-order valence-corrected chi connectivity index (χ3v) is 1.71. The summed E-state index contributed by atoms with van der Waals surface area (Å²) in [5, 5.41) is 2.80. The predicted octanol–water partition coefficient (Wildman–Crippen LogP) is 3.14. The summed E-state index contributed by atoms with van der Waals surface area (Å²) in [5.74, 6) is 0.0759. The molecule has 0 radical (unpaired) electrons. The smallest absolute Gasteiger partial charge is 0.158 e. The van der Waals surface area contributed by atoms with E-state index in [4.69, 9.17) is 0 Å². The van der Waals surface area contributed by atoms with Gasteiger partial charge in [0.25, 0.3) is 0 Å². The Balaban J connectivity index is 4.65. The molecule has 0 amide bonds. The van der Waals surface area contributed by atoms with Crippen molar-refractivity contribution in [3.05, 3.63) is 40.5 Å². The molecule has 0 bridgehead atoms. The van der Waals surface area contributed by atoms with Crippen molar-refractivity contribution >= 4 is 5.78 Å². The van der Waals surface area contributed by atoms with Crippen LogP contribution in [0.2, 0.25) is 0 Å². The molecule has 14 heavy (non-hydrogen) atoms. The van der Waals surface area contributed by atoms with Crippen LogP contribution in [0.4, 0.5) is 0 Å². The van der Waals surface area contributed by atoms with Crippen molar-refractivity contribution in [3.8, 4) is 0 Å². The van der Waals surface area contributed by atoms with Crippen LogP contribution in [-0.4, -0.2) is 5.78 Å². The number of nitroso groups, excluding NO2 is 1. The van der Waals surface area contributed by atoms with E-state index in [1.54, 1.807) is 39.0 Å². The van der Waals surface area contributed by atoms with E-state index in [2.05, 4.69) is 5.18 Å². The molecule has 76 valence electrons. The monoisotopic (exact) mass is 193 g/mol. The second-order valence-electron chi connectivity index (χ2n) is 2.81. The van der Waals surface area contributed by atoms with Crippen molar-refractivity contribution in [2.45, 2.75) is 27.2 Å². The molecule has 0 unspecified atom stereocenters. The summed E-state index contributed by atoms with van der Waals surface area (Å²) in [6.45, 7) is 5.32. The number of nitrogens with zero attached hydrogens (tertiary/aromatic N) is 1. The zero-order valence-electron chi connectivity index (χ0n) is 8.78. The number of hydrogen-bond donors (Lipinski definition) is 0. The van der Waals surface area contributed by atoms with Crippen LogP contribution in [0.3, 0.4) is 0 Å². The van der Waals surface area contributed by atoms with Crippen LogP contribution in [0.1, 0.15) is 27.2 Å². The van der Waals surface area contributed by atoms with Crippen molar-refractivity contribution in [3.63, 3.8) is 0 Å². The first-order valence-electron chi connectivity index (χ1n) is 4.53. The highest BCUT2D eigenvalue weighted by Crippen LogP contribution is 2.03. The third kappa shape index (κ3) is 4.50. The van der Waals surface area contributed by atoms with E-state index < -0.39 is 0 Å². The fourth-order valence-corrected chi connectivity index (χ4v) is 0.869. The van der Waals surface area contributed by atoms with E-state index >= 15 is 0 Å². The van der Waals surface area contributed by atoms with Gasteiger partial charge in [0.05, 0.1) is 0 Å².